The van der Waals surface area contributed by atoms with Crippen LogP contribution in [0.1, 0.15) is 58.1 Å². The summed E-state index contributed by atoms with van der Waals surface area (Å²) in [7, 11) is 1.53. The van der Waals surface area contributed by atoms with Crippen LogP contribution in [0.5, 0.6) is 0 Å². The molecular weight excluding hydrogens is 322 g/mol. The average Bonchev–Trinajstić information content (AvgIpc) is 3.26. The fourth-order valence-electron chi connectivity index (χ4n) is 3.27. The minimum absolute atomic E-state index is 0.106. The smallest absolute Gasteiger partial charge is 0.335 e. The number of carbonyl (C=O) groups is 2. The Morgan fingerprint density at radius 3 is 2.76 bits per heavy atom. The molecule has 1 aliphatic rings. The van der Waals surface area contributed by atoms with Crippen LogP contribution in [-0.4, -0.2) is 33.9 Å². The number of aromatic carboxylic acids is 1. The van der Waals surface area contributed by atoms with Gasteiger partial charge in [-0.15, -0.1) is 0 Å². The SMILES string of the molecule is COCc1cc(NC(=O)c2ccnn2C2CCCC2)cc(C(=O)O)c1. The van der Waals surface area contributed by atoms with Crippen molar-refractivity contribution in [1.29, 1.82) is 0 Å². The highest BCUT2D eigenvalue weighted by Gasteiger charge is 2.23. The van der Waals surface area contributed by atoms with E-state index in [9.17, 15) is 14.7 Å². The molecule has 7 heteroatoms. The van der Waals surface area contributed by atoms with Crippen molar-refractivity contribution in [2.45, 2.75) is 38.3 Å². The number of ether oxygens (including phenoxy) is 1. The lowest BCUT2D eigenvalue weighted by molar-refractivity contribution is 0.0696. The summed E-state index contributed by atoms with van der Waals surface area (Å²) in [5.74, 6) is -1.35. The number of hydrogen-bond acceptors (Lipinski definition) is 4. The summed E-state index contributed by atoms with van der Waals surface area (Å²) < 4.78 is 6.84. The van der Waals surface area contributed by atoms with Gasteiger partial charge in [-0.2, -0.15) is 5.10 Å². The van der Waals surface area contributed by atoms with E-state index in [0.29, 0.717) is 16.9 Å². The molecule has 1 aliphatic carbocycles. The monoisotopic (exact) mass is 343 g/mol. The zero-order valence-electron chi connectivity index (χ0n) is 14.1. The molecule has 25 heavy (non-hydrogen) atoms. The largest absolute Gasteiger partial charge is 0.478 e. The first-order valence-electron chi connectivity index (χ1n) is 8.29. The van der Waals surface area contributed by atoms with Gasteiger partial charge in [-0.05, 0) is 42.7 Å². The molecule has 0 atom stereocenters. The van der Waals surface area contributed by atoms with Crippen molar-refractivity contribution >= 4 is 17.6 Å². The van der Waals surface area contributed by atoms with Crippen LogP contribution in [0, 0.1) is 0 Å². The predicted octanol–water partition coefficient (Wildman–Crippen LogP) is 3.10. The normalized spacial score (nSPS) is 14.6. The quantitative estimate of drug-likeness (QED) is 0.840. The molecule has 0 aliphatic heterocycles. The van der Waals surface area contributed by atoms with E-state index < -0.39 is 5.97 Å². The highest BCUT2D eigenvalue weighted by Crippen LogP contribution is 2.30. The standard InChI is InChI=1S/C18H21N3O4/c1-25-11-12-8-13(18(23)24)10-14(9-12)20-17(22)16-6-7-19-21(16)15-4-2-3-5-15/h6-10,15H,2-5,11H2,1H3,(H,20,22)(H,23,24). The third-order valence-electron chi connectivity index (χ3n) is 4.38. The third-order valence-corrected chi connectivity index (χ3v) is 4.38. The predicted molar refractivity (Wildman–Crippen MR) is 91.8 cm³/mol. The molecule has 132 valence electrons. The molecular formula is C18H21N3O4. The second kappa shape index (κ2) is 7.48. The van der Waals surface area contributed by atoms with Gasteiger partial charge >= 0.3 is 5.97 Å². The number of amides is 1. The molecule has 2 N–H and O–H groups in total. The lowest BCUT2D eigenvalue weighted by Gasteiger charge is -2.14. The number of benzene rings is 1. The van der Waals surface area contributed by atoms with Crippen LogP contribution in [0.25, 0.3) is 0 Å². The first-order valence-corrected chi connectivity index (χ1v) is 8.29. The number of hydrogen-bond donors (Lipinski definition) is 2. The molecule has 1 fully saturated rings. The van der Waals surface area contributed by atoms with Gasteiger partial charge in [0.1, 0.15) is 5.69 Å². The minimum atomic E-state index is -1.05. The number of nitrogens with one attached hydrogen (secondary N) is 1. The molecule has 0 bridgehead atoms. The molecule has 2 aromatic rings. The molecule has 1 aromatic heterocycles. The number of rotatable bonds is 6. The van der Waals surface area contributed by atoms with E-state index in [4.69, 9.17) is 4.74 Å². The molecule has 7 nitrogen and oxygen atoms in total. The maximum absolute atomic E-state index is 12.7. The van der Waals surface area contributed by atoms with Crippen molar-refractivity contribution in [2.75, 3.05) is 12.4 Å². The lowest BCUT2D eigenvalue weighted by Crippen LogP contribution is -2.20. The van der Waals surface area contributed by atoms with Crippen molar-refractivity contribution in [3.63, 3.8) is 0 Å². The Balaban J connectivity index is 1.83. The van der Waals surface area contributed by atoms with Gasteiger partial charge in [-0.25, -0.2) is 4.79 Å². The van der Waals surface area contributed by atoms with E-state index in [0.717, 1.165) is 25.7 Å². The van der Waals surface area contributed by atoms with Gasteiger partial charge in [0.15, 0.2) is 0 Å². The number of methoxy groups -OCH3 is 1. The average molecular weight is 343 g/mol. The van der Waals surface area contributed by atoms with Crippen LogP contribution in [0.4, 0.5) is 5.69 Å². The van der Waals surface area contributed by atoms with Crippen LogP contribution in [-0.2, 0) is 11.3 Å². The topological polar surface area (TPSA) is 93.5 Å². The summed E-state index contributed by atoms with van der Waals surface area (Å²) in [6.45, 7) is 0.268. The van der Waals surface area contributed by atoms with Crippen LogP contribution in [0.3, 0.4) is 0 Å². The van der Waals surface area contributed by atoms with E-state index in [2.05, 4.69) is 10.4 Å². The Kier molecular flexibility index (Phi) is 5.14. The zero-order valence-corrected chi connectivity index (χ0v) is 14.1. The number of carbonyl (C=O) groups excluding carboxylic acids is 1. The summed E-state index contributed by atoms with van der Waals surface area (Å²) in [5.41, 5.74) is 1.70. The van der Waals surface area contributed by atoms with E-state index in [1.807, 2.05) is 0 Å². The van der Waals surface area contributed by atoms with Crippen molar-refractivity contribution < 1.29 is 19.4 Å². The third kappa shape index (κ3) is 3.88. The lowest BCUT2D eigenvalue weighted by atomic mass is 10.1. The van der Waals surface area contributed by atoms with E-state index in [1.165, 1.54) is 19.2 Å². The number of nitrogens with zero attached hydrogens (tertiary/aromatic N) is 2. The van der Waals surface area contributed by atoms with Gasteiger partial charge in [-0.3, -0.25) is 9.48 Å². The first-order chi connectivity index (χ1) is 12.1. The van der Waals surface area contributed by atoms with E-state index in [-0.39, 0.29) is 24.1 Å². The number of carboxylic acids is 1. The van der Waals surface area contributed by atoms with E-state index in [1.54, 1.807) is 23.0 Å². The summed E-state index contributed by atoms with van der Waals surface area (Å²) >= 11 is 0. The van der Waals surface area contributed by atoms with Gasteiger partial charge in [0, 0.05) is 19.0 Å². The summed E-state index contributed by atoms with van der Waals surface area (Å²) in [6.07, 6.45) is 5.96. The molecule has 3 rings (SSSR count). The fourth-order valence-corrected chi connectivity index (χ4v) is 3.27. The van der Waals surface area contributed by atoms with Crippen LogP contribution in [0.2, 0.25) is 0 Å². The van der Waals surface area contributed by atoms with Crippen LogP contribution in [0.15, 0.2) is 30.5 Å². The summed E-state index contributed by atoms with van der Waals surface area (Å²) in [5, 5.41) is 16.3. The van der Waals surface area contributed by atoms with Crippen molar-refractivity contribution in [2.24, 2.45) is 0 Å². The molecule has 1 saturated carbocycles. The van der Waals surface area contributed by atoms with Crippen molar-refractivity contribution in [3.8, 4) is 0 Å². The number of anilines is 1. The first kappa shape index (κ1) is 17.2. The van der Waals surface area contributed by atoms with Gasteiger partial charge in [0.05, 0.1) is 18.2 Å². The van der Waals surface area contributed by atoms with Crippen molar-refractivity contribution in [3.05, 3.63) is 47.3 Å². The summed E-state index contributed by atoms with van der Waals surface area (Å²) in [6, 6.07) is 6.62. The molecule has 1 aromatic carbocycles. The molecule has 0 unspecified atom stereocenters. The Labute approximate surface area is 145 Å². The highest BCUT2D eigenvalue weighted by atomic mass is 16.5. The Morgan fingerprint density at radius 2 is 2.08 bits per heavy atom. The van der Waals surface area contributed by atoms with E-state index >= 15 is 0 Å². The van der Waals surface area contributed by atoms with Crippen LogP contribution >= 0.6 is 0 Å². The minimum Gasteiger partial charge on any atom is -0.478 e. The van der Waals surface area contributed by atoms with Gasteiger partial charge in [-0.1, -0.05) is 12.8 Å². The zero-order chi connectivity index (χ0) is 17.8. The highest BCUT2D eigenvalue weighted by molar-refractivity contribution is 6.03. The molecule has 0 spiro atoms. The molecule has 1 heterocycles. The second-order valence-electron chi connectivity index (χ2n) is 6.21. The second-order valence-corrected chi connectivity index (χ2v) is 6.21. The maximum atomic E-state index is 12.7. The Morgan fingerprint density at radius 1 is 1.32 bits per heavy atom. The Hall–Kier alpha value is -2.67. The molecule has 0 saturated heterocycles. The molecule has 0 radical (unpaired) electrons. The van der Waals surface area contributed by atoms with Crippen molar-refractivity contribution in [1.82, 2.24) is 9.78 Å². The number of aromatic nitrogens is 2. The maximum Gasteiger partial charge on any atom is 0.335 e. The molecule has 1 amide bonds. The van der Waals surface area contributed by atoms with Gasteiger partial charge in [0.25, 0.3) is 5.91 Å². The van der Waals surface area contributed by atoms with Crippen LogP contribution < -0.4 is 5.32 Å². The number of carboxylic acid groups (broad SMARTS) is 1. The Bertz CT molecular complexity index is 778. The summed E-state index contributed by atoms with van der Waals surface area (Å²) in [4.78, 5) is 23.9. The fraction of sp³-hybridized carbons (Fsp3) is 0.389. The van der Waals surface area contributed by atoms with Gasteiger partial charge in [0.2, 0.25) is 0 Å². The van der Waals surface area contributed by atoms with Gasteiger partial charge < -0.3 is 15.2 Å².